The van der Waals surface area contributed by atoms with Crippen LogP contribution in [0.3, 0.4) is 0 Å². The van der Waals surface area contributed by atoms with Gasteiger partial charge in [0.15, 0.2) is 0 Å². The Morgan fingerprint density at radius 1 is 1.38 bits per heavy atom. The number of halogens is 1. The molecule has 0 amide bonds. The normalized spacial score (nSPS) is 10.1. The number of benzene rings is 1. The molecule has 0 aliphatic carbocycles. The molecule has 0 aliphatic heterocycles. The molecule has 1 heterocycles. The van der Waals surface area contributed by atoms with Crippen LogP contribution >= 0.6 is 0 Å². The maximum atomic E-state index is 12.6. The molecule has 0 atom stereocenters. The van der Waals surface area contributed by atoms with Crippen LogP contribution in [-0.2, 0) is 0 Å². The molecule has 5 heteroatoms. The van der Waals surface area contributed by atoms with Gasteiger partial charge in [-0.1, -0.05) is 5.16 Å². The van der Waals surface area contributed by atoms with Gasteiger partial charge in [-0.25, -0.2) is 9.18 Å². The number of carbonyl (C=O) groups excluding carboxylic acids is 1. The van der Waals surface area contributed by atoms with Crippen LogP contribution in [0.25, 0.3) is 0 Å². The van der Waals surface area contributed by atoms with Crippen LogP contribution in [-0.4, -0.2) is 11.1 Å². The molecule has 0 radical (unpaired) electrons. The molecule has 2 aromatic rings. The molecule has 82 valence electrons. The van der Waals surface area contributed by atoms with E-state index in [0.29, 0.717) is 5.76 Å². The first kappa shape index (κ1) is 10.4. The molecule has 0 unspecified atom stereocenters. The molecule has 0 saturated carbocycles. The van der Waals surface area contributed by atoms with Crippen molar-refractivity contribution in [3.8, 4) is 5.75 Å². The Balaban J connectivity index is 2.14. The zero-order chi connectivity index (χ0) is 11.5. The number of aromatic nitrogens is 1. The molecule has 0 bridgehead atoms. The fourth-order valence-corrected chi connectivity index (χ4v) is 1.16. The Morgan fingerprint density at radius 3 is 2.62 bits per heavy atom. The zero-order valence-electron chi connectivity index (χ0n) is 8.44. The third-order valence-corrected chi connectivity index (χ3v) is 1.99. The number of hydrogen-bond acceptors (Lipinski definition) is 4. The highest BCUT2D eigenvalue weighted by molar-refractivity contribution is 5.91. The lowest BCUT2D eigenvalue weighted by Gasteiger charge is -2.01. The van der Waals surface area contributed by atoms with Crippen molar-refractivity contribution >= 4 is 5.97 Å². The molecular weight excluding hydrogens is 213 g/mol. The Hall–Kier alpha value is -2.17. The minimum Gasteiger partial charge on any atom is -0.423 e. The molecule has 0 saturated heterocycles. The first-order valence-electron chi connectivity index (χ1n) is 4.56. The Labute approximate surface area is 90.6 Å². The predicted octanol–water partition coefficient (Wildman–Crippen LogP) is 2.34. The van der Waals surface area contributed by atoms with E-state index in [-0.39, 0.29) is 17.1 Å². The van der Waals surface area contributed by atoms with Crippen LogP contribution < -0.4 is 4.74 Å². The number of nitrogens with zero attached hydrogens (tertiary/aromatic N) is 1. The zero-order valence-corrected chi connectivity index (χ0v) is 8.44. The average Bonchev–Trinajstić information content (AvgIpc) is 2.68. The Kier molecular flexibility index (Phi) is 2.68. The minimum atomic E-state index is -0.578. The summed E-state index contributed by atoms with van der Waals surface area (Å²) in [7, 11) is 0. The van der Waals surface area contributed by atoms with Crippen molar-refractivity contribution in [3.63, 3.8) is 0 Å². The van der Waals surface area contributed by atoms with Gasteiger partial charge < -0.3 is 9.26 Å². The molecule has 2 rings (SSSR count). The summed E-state index contributed by atoms with van der Waals surface area (Å²) in [4.78, 5) is 11.6. The molecule has 0 fully saturated rings. The van der Waals surface area contributed by atoms with Crippen LogP contribution in [0.5, 0.6) is 5.75 Å². The van der Waals surface area contributed by atoms with E-state index in [4.69, 9.17) is 9.26 Å². The van der Waals surface area contributed by atoms with Crippen molar-refractivity contribution in [3.05, 3.63) is 47.6 Å². The van der Waals surface area contributed by atoms with Gasteiger partial charge in [-0.3, -0.25) is 0 Å². The summed E-state index contributed by atoms with van der Waals surface area (Å²) in [5, 5.41) is 3.46. The quantitative estimate of drug-likeness (QED) is 0.577. The van der Waals surface area contributed by atoms with Gasteiger partial charge in [0.2, 0.25) is 0 Å². The van der Waals surface area contributed by atoms with E-state index < -0.39 is 5.97 Å². The molecule has 0 spiro atoms. The highest BCUT2D eigenvalue weighted by atomic mass is 19.1. The number of aryl methyl sites for hydroxylation is 1. The highest BCUT2D eigenvalue weighted by Gasteiger charge is 2.14. The molecule has 16 heavy (non-hydrogen) atoms. The van der Waals surface area contributed by atoms with Crippen molar-refractivity contribution < 1.29 is 18.4 Å². The Bertz CT molecular complexity index is 504. The van der Waals surface area contributed by atoms with Gasteiger partial charge >= 0.3 is 5.97 Å². The average molecular weight is 221 g/mol. The largest absolute Gasteiger partial charge is 0.423 e. The monoisotopic (exact) mass is 221 g/mol. The smallest absolute Gasteiger partial charge is 0.348 e. The summed E-state index contributed by atoms with van der Waals surface area (Å²) >= 11 is 0. The van der Waals surface area contributed by atoms with Gasteiger partial charge in [0.05, 0.1) is 6.20 Å². The van der Waals surface area contributed by atoms with Crippen LogP contribution in [0.2, 0.25) is 0 Å². The highest BCUT2D eigenvalue weighted by Crippen LogP contribution is 2.14. The second-order valence-electron chi connectivity index (χ2n) is 3.14. The third kappa shape index (κ3) is 2.08. The number of rotatable bonds is 2. The van der Waals surface area contributed by atoms with Crippen LogP contribution in [0.4, 0.5) is 4.39 Å². The van der Waals surface area contributed by atoms with Gasteiger partial charge in [0.25, 0.3) is 0 Å². The second kappa shape index (κ2) is 4.14. The molecule has 0 N–H and O–H groups in total. The predicted molar refractivity (Wildman–Crippen MR) is 52.6 cm³/mol. The minimum absolute atomic E-state index is 0.254. The fourth-order valence-electron chi connectivity index (χ4n) is 1.16. The fraction of sp³-hybridized carbons (Fsp3) is 0.0909. The van der Waals surface area contributed by atoms with Gasteiger partial charge in [0, 0.05) is 0 Å². The van der Waals surface area contributed by atoms with E-state index >= 15 is 0 Å². The van der Waals surface area contributed by atoms with E-state index in [0.717, 1.165) is 0 Å². The van der Waals surface area contributed by atoms with Crippen molar-refractivity contribution in [1.29, 1.82) is 0 Å². The number of esters is 1. The van der Waals surface area contributed by atoms with Crippen molar-refractivity contribution in [2.75, 3.05) is 0 Å². The maximum Gasteiger partial charge on any atom is 0.348 e. The summed E-state index contributed by atoms with van der Waals surface area (Å²) in [6, 6.07) is 5.17. The van der Waals surface area contributed by atoms with Crippen molar-refractivity contribution in [2.45, 2.75) is 6.92 Å². The number of hydrogen-bond donors (Lipinski definition) is 0. The Morgan fingerprint density at radius 2 is 2.06 bits per heavy atom. The molecule has 1 aromatic carbocycles. The number of carbonyl (C=O) groups is 1. The van der Waals surface area contributed by atoms with Crippen LogP contribution in [0.15, 0.2) is 35.0 Å². The first-order chi connectivity index (χ1) is 7.66. The summed E-state index contributed by atoms with van der Waals surface area (Å²) in [6.07, 6.45) is 1.28. The molecule has 0 aliphatic rings. The lowest BCUT2D eigenvalue weighted by atomic mass is 10.3. The van der Waals surface area contributed by atoms with Gasteiger partial charge in [0.1, 0.15) is 22.9 Å². The summed E-state index contributed by atoms with van der Waals surface area (Å²) in [5.41, 5.74) is 0.254. The standard InChI is InChI=1S/C11H8FNO3/c1-7-10(6-13-16-7)11(14)15-9-4-2-8(12)3-5-9/h2-6H,1H3. The summed E-state index contributed by atoms with van der Waals surface area (Å²) < 4.78 is 22.3. The van der Waals surface area contributed by atoms with Gasteiger partial charge in [-0.15, -0.1) is 0 Å². The molecule has 1 aromatic heterocycles. The van der Waals surface area contributed by atoms with Crippen LogP contribution in [0, 0.1) is 12.7 Å². The lowest BCUT2D eigenvalue weighted by molar-refractivity contribution is 0.0733. The van der Waals surface area contributed by atoms with E-state index in [1.807, 2.05) is 0 Å². The molecular formula is C11H8FNO3. The van der Waals surface area contributed by atoms with E-state index in [9.17, 15) is 9.18 Å². The third-order valence-electron chi connectivity index (χ3n) is 1.99. The van der Waals surface area contributed by atoms with Crippen molar-refractivity contribution in [1.82, 2.24) is 5.16 Å². The van der Waals surface area contributed by atoms with Gasteiger partial charge in [-0.05, 0) is 31.2 Å². The maximum absolute atomic E-state index is 12.6. The van der Waals surface area contributed by atoms with E-state index in [2.05, 4.69) is 5.16 Å². The number of ether oxygens (including phenoxy) is 1. The van der Waals surface area contributed by atoms with E-state index in [1.54, 1.807) is 6.92 Å². The first-order valence-corrected chi connectivity index (χ1v) is 4.56. The molecule has 4 nitrogen and oxygen atoms in total. The van der Waals surface area contributed by atoms with Gasteiger partial charge in [-0.2, -0.15) is 0 Å². The second-order valence-corrected chi connectivity index (χ2v) is 3.14. The lowest BCUT2D eigenvalue weighted by Crippen LogP contribution is -2.08. The van der Waals surface area contributed by atoms with Crippen LogP contribution in [0.1, 0.15) is 16.1 Å². The topological polar surface area (TPSA) is 52.3 Å². The van der Waals surface area contributed by atoms with E-state index in [1.165, 1.54) is 30.5 Å². The summed E-state index contributed by atoms with van der Waals surface area (Å²) in [5.74, 6) is -0.314. The SMILES string of the molecule is Cc1oncc1C(=O)Oc1ccc(F)cc1. The van der Waals surface area contributed by atoms with Crippen molar-refractivity contribution in [2.24, 2.45) is 0 Å². The summed E-state index contributed by atoms with van der Waals surface area (Å²) in [6.45, 7) is 1.61.